The van der Waals surface area contributed by atoms with Crippen molar-refractivity contribution < 1.29 is 18.4 Å². The van der Waals surface area contributed by atoms with Gasteiger partial charge in [-0.2, -0.15) is 0 Å². The Morgan fingerprint density at radius 2 is 1.78 bits per heavy atom. The fourth-order valence-electron chi connectivity index (χ4n) is 1.62. The topological polar surface area (TPSA) is 0 Å². The number of hydrogen-bond acceptors (Lipinski definition) is 0. The second-order valence-electron chi connectivity index (χ2n) is 4.37. The van der Waals surface area contributed by atoms with Crippen molar-refractivity contribution in [1.82, 2.24) is 0 Å². The van der Waals surface area contributed by atoms with Crippen LogP contribution in [0.5, 0.6) is 0 Å². The first kappa shape index (κ1) is 7.83. The van der Waals surface area contributed by atoms with Crippen molar-refractivity contribution in [3.8, 4) is 0 Å². The van der Waals surface area contributed by atoms with Crippen molar-refractivity contribution in [3.05, 3.63) is 0 Å². The van der Waals surface area contributed by atoms with E-state index in [0.29, 0.717) is 5.41 Å². The molecule has 58 valence electrons. The van der Waals surface area contributed by atoms with E-state index in [4.69, 9.17) is 0 Å². The van der Waals surface area contributed by atoms with Crippen molar-refractivity contribution in [2.45, 2.75) is 20.3 Å². The summed E-state index contributed by atoms with van der Waals surface area (Å²) >= 11 is -1.06. The Morgan fingerprint density at radius 3 is 1.89 bits per heavy atom. The molecular weight excluding hydrogens is 223 g/mol. The molecule has 0 spiro atoms. The van der Waals surface area contributed by atoms with Gasteiger partial charge in [0.1, 0.15) is 0 Å². The number of alkyl halides is 4. The molecule has 0 bridgehead atoms. The van der Waals surface area contributed by atoms with Gasteiger partial charge in [-0.3, -0.25) is 0 Å². The van der Waals surface area contributed by atoms with Gasteiger partial charge in [-0.25, -0.2) is 0 Å². The average Bonchev–Trinajstić information content (AvgIpc) is 1.78. The standard InChI is InChI=1S/C8H18I/c1-8(2)5-6-9(3,4)7-8/h5-7H2,1-4H3/q-1. The number of rotatable bonds is 0. The molecule has 0 aromatic heterocycles. The molecule has 0 atom stereocenters. The Balaban J connectivity index is 2.58. The van der Waals surface area contributed by atoms with Crippen molar-refractivity contribution >= 4 is 0 Å². The minimum atomic E-state index is -1.06. The van der Waals surface area contributed by atoms with Crippen LogP contribution in [0.4, 0.5) is 0 Å². The van der Waals surface area contributed by atoms with Crippen LogP contribution in [0.15, 0.2) is 0 Å². The maximum atomic E-state index is 2.56. The summed E-state index contributed by atoms with van der Waals surface area (Å²) in [5.74, 6) is 0. The van der Waals surface area contributed by atoms with E-state index in [1.807, 2.05) is 0 Å². The summed E-state index contributed by atoms with van der Waals surface area (Å²) < 4.78 is 3.18. The third kappa shape index (κ3) is 2.10. The van der Waals surface area contributed by atoms with E-state index in [1.54, 1.807) is 8.86 Å². The Bertz CT molecular complexity index is 99.7. The van der Waals surface area contributed by atoms with Gasteiger partial charge in [0, 0.05) is 0 Å². The van der Waals surface area contributed by atoms with Gasteiger partial charge >= 0.3 is 62.8 Å². The zero-order valence-corrected chi connectivity index (χ0v) is 9.16. The fourth-order valence-corrected chi connectivity index (χ4v) is 10.9. The molecule has 0 saturated carbocycles. The zero-order valence-electron chi connectivity index (χ0n) is 7.00. The van der Waals surface area contributed by atoms with Gasteiger partial charge in [0.15, 0.2) is 0 Å². The molecule has 1 fully saturated rings. The molecule has 0 amide bonds. The van der Waals surface area contributed by atoms with E-state index in [2.05, 4.69) is 23.7 Å². The predicted molar refractivity (Wildman–Crippen MR) is 40.0 cm³/mol. The zero-order chi connectivity index (χ0) is 7.12. The van der Waals surface area contributed by atoms with E-state index in [0.717, 1.165) is 0 Å². The van der Waals surface area contributed by atoms with E-state index < -0.39 is 18.4 Å². The van der Waals surface area contributed by atoms with Crippen molar-refractivity contribution in [3.63, 3.8) is 0 Å². The Kier molecular flexibility index (Phi) is 1.83. The molecule has 0 aliphatic carbocycles. The van der Waals surface area contributed by atoms with Gasteiger partial charge in [-0.05, 0) is 0 Å². The molecule has 9 heavy (non-hydrogen) atoms. The van der Waals surface area contributed by atoms with Crippen LogP contribution in [-0.2, 0) is 0 Å². The predicted octanol–water partition coefficient (Wildman–Crippen LogP) is -1.16. The second kappa shape index (κ2) is 2.11. The summed E-state index contributed by atoms with van der Waals surface area (Å²) in [6.07, 6.45) is 1.50. The van der Waals surface area contributed by atoms with E-state index >= 15 is 0 Å². The molecule has 0 unspecified atom stereocenters. The molecule has 0 aromatic rings. The SMILES string of the molecule is CC1(C)CC[I-](C)(C)C1. The third-order valence-corrected chi connectivity index (χ3v) is 9.60. The van der Waals surface area contributed by atoms with Gasteiger partial charge in [0.25, 0.3) is 0 Å². The van der Waals surface area contributed by atoms with Gasteiger partial charge in [-0.15, -0.1) is 0 Å². The summed E-state index contributed by atoms with van der Waals surface area (Å²) in [7, 11) is 0. The molecule has 1 heteroatoms. The number of halogens is 1. The molecule has 0 N–H and O–H groups in total. The molecule has 1 rings (SSSR count). The van der Waals surface area contributed by atoms with Gasteiger partial charge in [0.05, 0.1) is 0 Å². The normalized spacial score (nSPS) is 34.2. The van der Waals surface area contributed by atoms with Crippen LogP contribution in [0.1, 0.15) is 20.3 Å². The van der Waals surface area contributed by atoms with E-state index in [-0.39, 0.29) is 0 Å². The quantitative estimate of drug-likeness (QED) is 0.370. The molecule has 1 aliphatic heterocycles. The van der Waals surface area contributed by atoms with Crippen LogP contribution in [-0.4, -0.2) is 18.7 Å². The molecule has 0 nitrogen and oxygen atoms in total. The number of hydrogen-bond donors (Lipinski definition) is 0. The first-order valence-corrected chi connectivity index (χ1v) is 10.9. The maximum absolute atomic E-state index is 2.56. The van der Waals surface area contributed by atoms with E-state index in [9.17, 15) is 0 Å². The van der Waals surface area contributed by atoms with Crippen molar-refractivity contribution in [1.29, 1.82) is 0 Å². The minimum absolute atomic E-state index is 0.708. The van der Waals surface area contributed by atoms with Gasteiger partial charge < -0.3 is 0 Å². The van der Waals surface area contributed by atoms with Crippen molar-refractivity contribution in [2.24, 2.45) is 5.41 Å². The first-order valence-electron chi connectivity index (χ1n) is 3.50. The van der Waals surface area contributed by atoms with E-state index in [1.165, 1.54) is 6.42 Å². The van der Waals surface area contributed by atoms with Gasteiger partial charge in [0.2, 0.25) is 0 Å². The molecule has 1 heterocycles. The van der Waals surface area contributed by atoms with Crippen LogP contribution < -0.4 is 18.4 Å². The average molecular weight is 241 g/mol. The molecule has 0 aromatic carbocycles. The summed E-state index contributed by atoms with van der Waals surface area (Å²) in [5.41, 5.74) is 0.708. The van der Waals surface area contributed by atoms with Crippen LogP contribution in [0.2, 0.25) is 0 Å². The summed E-state index contributed by atoms with van der Waals surface area (Å²) in [4.78, 5) is 5.11. The Hall–Kier alpha value is 0.730. The molecule has 0 radical (unpaired) electrons. The second-order valence-corrected chi connectivity index (χ2v) is 15.6. The van der Waals surface area contributed by atoms with Gasteiger partial charge in [-0.1, -0.05) is 0 Å². The monoisotopic (exact) mass is 241 g/mol. The van der Waals surface area contributed by atoms with Crippen LogP contribution in [0.3, 0.4) is 0 Å². The van der Waals surface area contributed by atoms with Crippen LogP contribution in [0.25, 0.3) is 0 Å². The molecule has 1 saturated heterocycles. The Morgan fingerprint density at radius 1 is 1.22 bits per heavy atom. The Labute approximate surface area is 62.9 Å². The summed E-state index contributed by atoms with van der Waals surface area (Å²) in [6, 6.07) is 0. The van der Waals surface area contributed by atoms with Crippen molar-refractivity contribution in [2.75, 3.05) is 18.7 Å². The van der Waals surface area contributed by atoms with Crippen LogP contribution >= 0.6 is 0 Å². The first-order chi connectivity index (χ1) is 3.91. The molecular formula is C8H18I-. The van der Waals surface area contributed by atoms with Crippen LogP contribution in [0, 0.1) is 5.41 Å². The fraction of sp³-hybridized carbons (Fsp3) is 1.00. The molecule has 1 aliphatic rings. The summed E-state index contributed by atoms with van der Waals surface area (Å²) in [5, 5.41) is 0. The third-order valence-electron chi connectivity index (χ3n) is 2.01. The summed E-state index contributed by atoms with van der Waals surface area (Å²) in [6.45, 7) is 4.84.